The smallest absolute Gasteiger partial charge is 0.302 e. The summed E-state index contributed by atoms with van der Waals surface area (Å²) in [4.78, 5) is 0. The predicted octanol–water partition coefficient (Wildman–Crippen LogP) is -0.797. The van der Waals surface area contributed by atoms with E-state index >= 15 is 0 Å². The Morgan fingerprint density at radius 1 is 1.45 bits per heavy atom. The average Bonchev–Trinajstić information content (AvgIpc) is 1.84. The second kappa shape index (κ2) is 4.78. The Balaban J connectivity index is 3.82. The Hall–Kier alpha value is -0.0100. The second-order valence-electron chi connectivity index (χ2n) is 2.45. The quantitative estimate of drug-likeness (QED) is 0.494. The molecule has 0 aromatic rings. The largest absolute Gasteiger partial charge is 0.326 e. The van der Waals surface area contributed by atoms with Gasteiger partial charge in [0.25, 0.3) is 0 Å². The second-order valence-corrected chi connectivity index (χ2v) is 3.08. The van der Waals surface area contributed by atoms with E-state index in [1.165, 1.54) is 0 Å². The van der Waals surface area contributed by atoms with E-state index in [1.807, 2.05) is 0 Å². The number of hydrogen-bond acceptors (Lipinski definition) is 4. The molecule has 11 heavy (non-hydrogen) atoms. The summed E-state index contributed by atoms with van der Waals surface area (Å²) in [5.74, 6) is 0. The van der Waals surface area contributed by atoms with E-state index in [2.05, 4.69) is 4.18 Å². The minimum absolute atomic E-state index is 0.256. The van der Waals surface area contributed by atoms with Crippen LogP contribution in [-0.4, -0.2) is 26.9 Å². The fourth-order valence-corrected chi connectivity index (χ4v) is 1.01. The third-order valence-electron chi connectivity index (χ3n) is 1.38. The van der Waals surface area contributed by atoms with Gasteiger partial charge in [0.2, 0.25) is 0 Å². The topological polar surface area (TPSA) is 98.6 Å². The zero-order valence-electron chi connectivity index (χ0n) is 6.56. The fraction of sp³-hybridized carbons (Fsp3) is 1.00. The van der Waals surface area contributed by atoms with Crippen molar-refractivity contribution in [3.63, 3.8) is 0 Å². The van der Waals surface area contributed by atoms with Crippen molar-refractivity contribution < 1.29 is 12.9 Å². The lowest BCUT2D eigenvalue weighted by Crippen LogP contribution is -2.47. The van der Waals surface area contributed by atoms with Crippen molar-refractivity contribution in [2.24, 2.45) is 11.5 Å². The van der Waals surface area contributed by atoms with Crippen molar-refractivity contribution in [1.29, 1.82) is 0 Å². The van der Waals surface area contributed by atoms with Crippen LogP contribution in [0.4, 0.5) is 0 Å². The number of rotatable bonds is 4. The molecular weight excluding hydrogens is 168 g/mol. The van der Waals surface area contributed by atoms with Crippen molar-refractivity contribution in [2.45, 2.75) is 32.0 Å². The zero-order valence-corrected chi connectivity index (χ0v) is 7.38. The molecule has 5 N–H and O–H groups in total. The molecule has 0 fully saturated rings. The van der Waals surface area contributed by atoms with Crippen molar-refractivity contribution in [1.82, 2.24) is 0 Å². The molecule has 0 aromatic heterocycles. The van der Waals surface area contributed by atoms with Crippen molar-refractivity contribution in [3.05, 3.63) is 0 Å². The molecule has 0 saturated carbocycles. The maximum atomic E-state index is 10.1. The minimum Gasteiger partial charge on any atom is -0.326 e. The van der Waals surface area contributed by atoms with Crippen LogP contribution in [0.25, 0.3) is 0 Å². The van der Waals surface area contributed by atoms with E-state index in [0.29, 0.717) is 0 Å². The van der Waals surface area contributed by atoms with Gasteiger partial charge >= 0.3 is 11.4 Å². The van der Waals surface area contributed by atoms with Gasteiger partial charge in [-0.15, -0.1) is 0 Å². The van der Waals surface area contributed by atoms with Gasteiger partial charge in [-0.1, -0.05) is 0 Å². The first kappa shape index (κ1) is 11.0. The molecule has 0 radical (unpaired) electrons. The first-order valence-electron chi connectivity index (χ1n) is 3.24. The van der Waals surface area contributed by atoms with E-state index in [-0.39, 0.29) is 6.04 Å². The van der Waals surface area contributed by atoms with E-state index in [9.17, 15) is 4.21 Å². The first-order valence-corrected chi connectivity index (χ1v) is 4.27. The van der Waals surface area contributed by atoms with Crippen molar-refractivity contribution >= 4 is 11.4 Å². The predicted molar refractivity (Wildman–Crippen MR) is 42.9 cm³/mol. The maximum absolute atomic E-state index is 10.1. The number of nitrogens with two attached hydrogens (primary N) is 2. The molecule has 5 nitrogen and oxygen atoms in total. The van der Waals surface area contributed by atoms with Crippen LogP contribution in [0.2, 0.25) is 0 Å². The van der Waals surface area contributed by atoms with Gasteiger partial charge in [0, 0.05) is 12.1 Å². The monoisotopic (exact) mass is 182 g/mol. The maximum Gasteiger partial charge on any atom is 0.302 e. The average molecular weight is 182 g/mol. The van der Waals surface area contributed by atoms with Crippen LogP contribution < -0.4 is 11.5 Å². The Bertz CT molecular complexity index is 142. The molecule has 6 heteroatoms. The Labute approximate surface area is 68.6 Å². The molecule has 0 aliphatic rings. The van der Waals surface area contributed by atoms with Gasteiger partial charge in [-0.25, -0.2) is 0 Å². The summed E-state index contributed by atoms with van der Waals surface area (Å²) in [5.41, 5.74) is 10.9. The number of hydrogen-bond donors (Lipinski definition) is 3. The lowest BCUT2D eigenvalue weighted by Gasteiger charge is -2.20. The molecule has 0 aliphatic carbocycles. The summed E-state index contributed by atoms with van der Waals surface area (Å²) in [6.45, 7) is 3.31. The van der Waals surface area contributed by atoms with Crippen LogP contribution in [0.3, 0.4) is 0 Å². The molecule has 0 saturated heterocycles. The minimum atomic E-state index is -2.27. The molecule has 0 aliphatic heterocycles. The molecule has 4 unspecified atom stereocenters. The van der Waals surface area contributed by atoms with Gasteiger partial charge in [-0.2, -0.15) is 4.21 Å². The molecule has 0 rings (SSSR count). The van der Waals surface area contributed by atoms with Crippen LogP contribution in [0.5, 0.6) is 0 Å². The lowest BCUT2D eigenvalue weighted by atomic mass is 10.1. The first-order chi connectivity index (χ1) is 4.95. The summed E-state index contributed by atoms with van der Waals surface area (Å²) in [7, 11) is 0. The van der Waals surface area contributed by atoms with Gasteiger partial charge in [0.1, 0.15) is 0 Å². The van der Waals surface area contributed by atoms with E-state index < -0.39 is 23.5 Å². The summed E-state index contributed by atoms with van der Waals surface area (Å²) in [6, 6.07) is -0.681. The SMILES string of the molecule is CC(N)C(N)C(C)OS(=O)O. The van der Waals surface area contributed by atoms with Gasteiger partial charge in [0.15, 0.2) is 0 Å². The molecule has 0 heterocycles. The Morgan fingerprint density at radius 3 is 2.18 bits per heavy atom. The molecule has 0 bridgehead atoms. The van der Waals surface area contributed by atoms with Gasteiger partial charge in [-0.3, -0.25) is 8.74 Å². The summed E-state index contributed by atoms with van der Waals surface area (Å²) in [6.07, 6.45) is -0.513. The van der Waals surface area contributed by atoms with Crippen LogP contribution >= 0.6 is 0 Å². The van der Waals surface area contributed by atoms with E-state index in [0.717, 1.165) is 0 Å². The van der Waals surface area contributed by atoms with Gasteiger partial charge in [0.05, 0.1) is 6.10 Å². The molecule has 0 aromatic carbocycles. The van der Waals surface area contributed by atoms with Gasteiger partial charge < -0.3 is 11.5 Å². The molecule has 4 atom stereocenters. The van der Waals surface area contributed by atoms with Crippen molar-refractivity contribution in [2.75, 3.05) is 0 Å². The standard InChI is InChI=1S/C5H14N2O3S/c1-3(6)5(7)4(2)10-11(8)9/h3-5H,6-7H2,1-2H3,(H,8,9). The van der Waals surface area contributed by atoms with Crippen LogP contribution in [0, 0.1) is 0 Å². The fourth-order valence-electron chi connectivity index (χ4n) is 0.621. The lowest BCUT2D eigenvalue weighted by molar-refractivity contribution is 0.181. The van der Waals surface area contributed by atoms with Gasteiger partial charge in [-0.05, 0) is 13.8 Å². The highest BCUT2D eigenvalue weighted by Gasteiger charge is 2.18. The zero-order chi connectivity index (χ0) is 9.02. The normalized spacial score (nSPS) is 22.3. The van der Waals surface area contributed by atoms with Crippen LogP contribution in [0.1, 0.15) is 13.8 Å². The van der Waals surface area contributed by atoms with Crippen LogP contribution in [0.15, 0.2) is 0 Å². The molecule has 0 amide bonds. The highest BCUT2D eigenvalue weighted by atomic mass is 32.2. The molecule has 68 valence electrons. The van der Waals surface area contributed by atoms with Crippen LogP contribution in [-0.2, 0) is 15.5 Å². The van der Waals surface area contributed by atoms with E-state index in [1.54, 1.807) is 13.8 Å². The van der Waals surface area contributed by atoms with E-state index in [4.69, 9.17) is 16.0 Å². The summed E-state index contributed by atoms with van der Waals surface area (Å²) >= 11 is -2.27. The highest BCUT2D eigenvalue weighted by molar-refractivity contribution is 7.74. The highest BCUT2D eigenvalue weighted by Crippen LogP contribution is 2.00. The third-order valence-corrected chi connectivity index (χ3v) is 1.85. The Morgan fingerprint density at radius 2 is 1.91 bits per heavy atom. The Kier molecular flexibility index (Phi) is 4.78. The third kappa shape index (κ3) is 4.44. The molecule has 0 spiro atoms. The summed E-state index contributed by atoms with van der Waals surface area (Å²) < 4.78 is 22.9. The van der Waals surface area contributed by atoms with Crippen molar-refractivity contribution in [3.8, 4) is 0 Å². The molecular formula is C5H14N2O3S. The summed E-state index contributed by atoms with van der Waals surface area (Å²) in [5, 5.41) is 0.